The van der Waals surface area contributed by atoms with Crippen molar-refractivity contribution in [3.05, 3.63) is 46.7 Å². The van der Waals surface area contributed by atoms with E-state index in [1.54, 1.807) is 0 Å². The molecule has 1 aliphatic heterocycles. The fraction of sp³-hybridized carbons (Fsp3) is 0.467. The van der Waals surface area contributed by atoms with Crippen molar-refractivity contribution < 1.29 is 4.74 Å². The molecule has 0 aromatic heterocycles. The highest BCUT2D eigenvalue weighted by Gasteiger charge is 2.16. The SMILES string of the molecule is Cc1cc(C)cc(CC(NN)C2=COCCC2)c1. The van der Waals surface area contributed by atoms with Gasteiger partial charge in [0.1, 0.15) is 0 Å². The van der Waals surface area contributed by atoms with Crippen molar-refractivity contribution in [3.63, 3.8) is 0 Å². The van der Waals surface area contributed by atoms with Crippen molar-refractivity contribution in [2.45, 2.75) is 39.2 Å². The average molecular weight is 246 g/mol. The third-order valence-corrected chi connectivity index (χ3v) is 3.33. The Balaban J connectivity index is 2.12. The van der Waals surface area contributed by atoms with Gasteiger partial charge in [0.2, 0.25) is 0 Å². The van der Waals surface area contributed by atoms with E-state index in [-0.39, 0.29) is 6.04 Å². The van der Waals surface area contributed by atoms with E-state index in [4.69, 9.17) is 10.6 Å². The zero-order chi connectivity index (χ0) is 13.0. The number of rotatable bonds is 4. The molecule has 0 radical (unpaired) electrons. The van der Waals surface area contributed by atoms with Crippen LogP contribution in [0.5, 0.6) is 0 Å². The zero-order valence-electron chi connectivity index (χ0n) is 11.2. The van der Waals surface area contributed by atoms with Crippen LogP contribution in [-0.2, 0) is 11.2 Å². The van der Waals surface area contributed by atoms with Crippen LogP contribution in [0.25, 0.3) is 0 Å². The van der Waals surface area contributed by atoms with Gasteiger partial charge < -0.3 is 4.74 Å². The second kappa shape index (κ2) is 6.03. The maximum Gasteiger partial charge on any atom is 0.0876 e. The summed E-state index contributed by atoms with van der Waals surface area (Å²) in [6.45, 7) is 5.08. The molecule has 1 atom stereocenters. The molecule has 18 heavy (non-hydrogen) atoms. The van der Waals surface area contributed by atoms with Crippen molar-refractivity contribution in [2.24, 2.45) is 5.84 Å². The first-order chi connectivity index (χ1) is 8.69. The summed E-state index contributed by atoms with van der Waals surface area (Å²) in [6, 6.07) is 6.81. The molecule has 1 unspecified atom stereocenters. The standard InChI is InChI=1S/C15H22N2O/c1-11-6-12(2)8-13(7-11)9-15(17-16)14-4-3-5-18-10-14/h6-8,10,15,17H,3-5,9,16H2,1-2H3. The fourth-order valence-corrected chi connectivity index (χ4v) is 2.56. The molecule has 0 saturated heterocycles. The van der Waals surface area contributed by atoms with E-state index in [9.17, 15) is 0 Å². The lowest BCUT2D eigenvalue weighted by molar-refractivity contribution is 0.219. The molecule has 1 heterocycles. The van der Waals surface area contributed by atoms with Crippen LogP contribution in [-0.4, -0.2) is 12.6 Å². The molecule has 0 bridgehead atoms. The van der Waals surface area contributed by atoms with Crippen molar-refractivity contribution >= 4 is 0 Å². The number of aryl methyl sites for hydroxylation is 2. The van der Waals surface area contributed by atoms with Crippen molar-refractivity contribution in [1.29, 1.82) is 0 Å². The lowest BCUT2D eigenvalue weighted by Gasteiger charge is -2.23. The van der Waals surface area contributed by atoms with Crippen molar-refractivity contribution in [1.82, 2.24) is 5.43 Å². The van der Waals surface area contributed by atoms with Crippen LogP contribution in [0.3, 0.4) is 0 Å². The number of benzene rings is 1. The highest BCUT2D eigenvalue weighted by atomic mass is 16.5. The molecule has 1 aromatic carbocycles. The van der Waals surface area contributed by atoms with Gasteiger partial charge in [0, 0.05) is 6.04 Å². The van der Waals surface area contributed by atoms with Crippen molar-refractivity contribution in [2.75, 3.05) is 6.61 Å². The van der Waals surface area contributed by atoms with Crippen LogP contribution in [0.15, 0.2) is 30.0 Å². The molecular formula is C15H22N2O. The number of hydrogen-bond donors (Lipinski definition) is 2. The molecule has 1 aliphatic rings. The van der Waals surface area contributed by atoms with E-state index in [2.05, 4.69) is 37.5 Å². The largest absolute Gasteiger partial charge is 0.501 e. The van der Waals surface area contributed by atoms with Gasteiger partial charge in [0.15, 0.2) is 0 Å². The number of ether oxygens (including phenoxy) is 1. The summed E-state index contributed by atoms with van der Waals surface area (Å²) in [5.74, 6) is 5.68. The van der Waals surface area contributed by atoms with Crippen LogP contribution < -0.4 is 11.3 Å². The van der Waals surface area contributed by atoms with E-state index >= 15 is 0 Å². The molecule has 2 rings (SSSR count). The zero-order valence-corrected chi connectivity index (χ0v) is 11.2. The summed E-state index contributed by atoms with van der Waals surface area (Å²) in [5, 5.41) is 0. The molecule has 3 N–H and O–H groups in total. The summed E-state index contributed by atoms with van der Waals surface area (Å²) in [5.41, 5.74) is 8.10. The highest BCUT2D eigenvalue weighted by molar-refractivity contribution is 5.30. The van der Waals surface area contributed by atoms with Crippen LogP contribution in [0, 0.1) is 13.8 Å². The first-order valence-corrected chi connectivity index (χ1v) is 6.53. The molecule has 1 aromatic rings. The number of hydrogen-bond acceptors (Lipinski definition) is 3. The Bertz CT molecular complexity index is 420. The maximum absolute atomic E-state index is 5.68. The van der Waals surface area contributed by atoms with E-state index in [1.807, 2.05) is 6.26 Å². The van der Waals surface area contributed by atoms with Gasteiger partial charge in [0.25, 0.3) is 0 Å². The minimum absolute atomic E-state index is 0.173. The first-order valence-electron chi connectivity index (χ1n) is 6.53. The van der Waals surface area contributed by atoms with E-state index in [1.165, 1.54) is 22.3 Å². The fourth-order valence-electron chi connectivity index (χ4n) is 2.56. The summed E-state index contributed by atoms with van der Waals surface area (Å²) in [6.07, 6.45) is 4.93. The van der Waals surface area contributed by atoms with Gasteiger partial charge in [-0.3, -0.25) is 11.3 Å². The van der Waals surface area contributed by atoms with E-state index in [0.29, 0.717) is 0 Å². The molecule has 0 saturated carbocycles. The topological polar surface area (TPSA) is 47.3 Å². The second-order valence-corrected chi connectivity index (χ2v) is 5.09. The van der Waals surface area contributed by atoms with Crippen molar-refractivity contribution in [3.8, 4) is 0 Å². The molecule has 0 amide bonds. The van der Waals surface area contributed by atoms with Crippen LogP contribution in [0.2, 0.25) is 0 Å². The monoisotopic (exact) mass is 246 g/mol. The average Bonchev–Trinajstić information content (AvgIpc) is 2.36. The molecule has 0 fully saturated rings. The maximum atomic E-state index is 5.68. The Labute approximate surface area is 109 Å². The summed E-state index contributed by atoms with van der Waals surface area (Å²) < 4.78 is 5.39. The second-order valence-electron chi connectivity index (χ2n) is 5.09. The predicted molar refractivity (Wildman–Crippen MR) is 74.0 cm³/mol. The number of nitrogens with two attached hydrogens (primary N) is 1. The summed E-state index contributed by atoms with van der Waals surface area (Å²) in [7, 11) is 0. The Hall–Kier alpha value is -1.32. The molecule has 3 heteroatoms. The third kappa shape index (κ3) is 3.34. The lowest BCUT2D eigenvalue weighted by Crippen LogP contribution is -2.39. The lowest BCUT2D eigenvalue weighted by atomic mass is 9.94. The Morgan fingerprint density at radius 2 is 2.00 bits per heavy atom. The Kier molecular flexibility index (Phi) is 4.39. The van der Waals surface area contributed by atoms with Crippen LogP contribution in [0.4, 0.5) is 0 Å². The Morgan fingerprint density at radius 1 is 1.28 bits per heavy atom. The van der Waals surface area contributed by atoms with E-state index in [0.717, 1.165) is 25.9 Å². The number of hydrazine groups is 1. The van der Waals surface area contributed by atoms with Gasteiger partial charge in [-0.05, 0) is 44.2 Å². The van der Waals surface area contributed by atoms with Gasteiger partial charge in [-0.1, -0.05) is 29.3 Å². The minimum Gasteiger partial charge on any atom is -0.501 e. The van der Waals surface area contributed by atoms with Gasteiger partial charge in [0.05, 0.1) is 12.9 Å². The highest BCUT2D eigenvalue weighted by Crippen LogP contribution is 2.19. The molecule has 0 aliphatic carbocycles. The van der Waals surface area contributed by atoms with Gasteiger partial charge in [-0.15, -0.1) is 0 Å². The quantitative estimate of drug-likeness (QED) is 0.633. The summed E-state index contributed by atoms with van der Waals surface area (Å²) >= 11 is 0. The van der Waals surface area contributed by atoms with Crippen LogP contribution >= 0.6 is 0 Å². The van der Waals surface area contributed by atoms with Gasteiger partial charge >= 0.3 is 0 Å². The molecule has 98 valence electrons. The first kappa shape index (κ1) is 13.1. The van der Waals surface area contributed by atoms with Crippen LogP contribution in [0.1, 0.15) is 29.5 Å². The molecule has 3 nitrogen and oxygen atoms in total. The molecular weight excluding hydrogens is 224 g/mol. The third-order valence-electron chi connectivity index (χ3n) is 3.33. The minimum atomic E-state index is 0.173. The Morgan fingerprint density at radius 3 is 2.56 bits per heavy atom. The molecule has 0 spiro atoms. The summed E-state index contributed by atoms with van der Waals surface area (Å²) in [4.78, 5) is 0. The number of nitrogens with one attached hydrogen (secondary N) is 1. The van der Waals surface area contributed by atoms with Gasteiger partial charge in [-0.25, -0.2) is 0 Å². The normalized spacial score (nSPS) is 16.9. The van der Waals surface area contributed by atoms with Gasteiger partial charge in [-0.2, -0.15) is 0 Å². The van der Waals surface area contributed by atoms with E-state index < -0.39 is 0 Å². The predicted octanol–water partition coefficient (Wildman–Crippen LogP) is 2.37. The smallest absolute Gasteiger partial charge is 0.0876 e.